The number of anilines is 2. The first-order valence-corrected chi connectivity index (χ1v) is 9.15. The standard InChI is InChI=1S/C20H24N4OS/c1-15-6-5-7-16(14-15)19(25)22-20(26)21-17-8-3-4-9-18(17)24-12-10-23(2)11-13-24/h3-9,14H,10-13H2,1-2H3,(H2,21,22,25,26). The number of carbonyl (C=O) groups excluding carboxylic acids is 1. The lowest BCUT2D eigenvalue weighted by Crippen LogP contribution is -2.45. The molecule has 26 heavy (non-hydrogen) atoms. The highest BCUT2D eigenvalue weighted by atomic mass is 32.1. The smallest absolute Gasteiger partial charge is 0.257 e. The largest absolute Gasteiger partial charge is 0.367 e. The SMILES string of the molecule is Cc1cccc(C(=O)NC(=S)Nc2ccccc2N2CCN(C)CC2)c1. The van der Waals surface area contributed by atoms with Gasteiger partial charge in [0.1, 0.15) is 0 Å². The zero-order valence-electron chi connectivity index (χ0n) is 15.2. The van der Waals surface area contributed by atoms with Gasteiger partial charge in [0.15, 0.2) is 5.11 Å². The summed E-state index contributed by atoms with van der Waals surface area (Å²) in [7, 11) is 2.14. The summed E-state index contributed by atoms with van der Waals surface area (Å²) in [6, 6.07) is 15.5. The van der Waals surface area contributed by atoms with E-state index in [1.165, 1.54) is 0 Å². The minimum absolute atomic E-state index is 0.205. The van der Waals surface area contributed by atoms with Crippen LogP contribution in [0.4, 0.5) is 11.4 Å². The molecule has 0 saturated carbocycles. The molecule has 1 amide bonds. The minimum Gasteiger partial charge on any atom is -0.367 e. The van der Waals surface area contributed by atoms with Crippen LogP contribution in [0.5, 0.6) is 0 Å². The van der Waals surface area contributed by atoms with Gasteiger partial charge in [0.25, 0.3) is 5.91 Å². The Bertz CT molecular complexity index is 800. The number of rotatable bonds is 3. The van der Waals surface area contributed by atoms with Crippen molar-refractivity contribution in [2.75, 3.05) is 43.4 Å². The lowest BCUT2D eigenvalue weighted by atomic mass is 10.1. The molecule has 0 radical (unpaired) electrons. The molecule has 2 N–H and O–H groups in total. The average Bonchev–Trinajstić information content (AvgIpc) is 2.63. The number of hydrogen-bond acceptors (Lipinski definition) is 4. The summed E-state index contributed by atoms with van der Waals surface area (Å²) in [4.78, 5) is 17.0. The fourth-order valence-corrected chi connectivity index (χ4v) is 3.22. The van der Waals surface area contributed by atoms with Gasteiger partial charge in [-0.3, -0.25) is 10.1 Å². The molecule has 1 fully saturated rings. The Morgan fingerprint density at radius 3 is 2.50 bits per heavy atom. The number of amides is 1. The van der Waals surface area contributed by atoms with E-state index in [1.807, 2.05) is 43.3 Å². The third-order valence-electron chi connectivity index (χ3n) is 4.50. The monoisotopic (exact) mass is 368 g/mol. The number of nitrogens with one attached hydrogen (secondary N) is 2. The third kappa shape index (κ3) is 4.59. The summed E-state index contributed by atoms with van der Waals surface area (Å²) in [5, 5.41) is 6.25. The van der Waals surface area contributed by atoms with Crippen LogP contribution < -0.4 is 15.5 Å². The number of hydrogen-bond donors (Lipinski definition) is 2. The molecule has 1 aliphatic rings. The van der Waals surface area contributed by atoms with Crippen LogP contribution in [0.2, 0.25) is 0 Å². The van der Waals surface area contributed by atoms with Crippen LogP contribution in [0.3, 0.4) is 0 Å². The number of thiocarbonyl (C=S) groups is 1. The van der Waals surface area contributed by atoms with Crippen LogP contribution in [0.1, 0.15) is 15.9 Å². The first-order chi connectivity index (χ1) is 12.5. The van der Waals surface area contributed by atoms with Crippen molar-refractivity contribution >= 4 is 34.6 Å². The normalized spacial score (nSPS) is 14.8. The van der Waals surface area contributed by atoms with Crippen LogP contribution in [0.15, 0.2) is 48.5 Å². The van der Waals surface area contributed by atoms with Gasteiger partial charge in [0.05, 0.1) is 11.4 Å². The summed E-state index contributed by atoms with van der Waals surface area (Å²) in [6.07, 6.45) is 0. The molecule has 3 rings (SSSR count). The molecule has 2 aromatic carbocycles. The van der Waals surface area contributed by atoms with Gasteiger partial charge in [-0.2, -0.15) is 0 Å². The number of para-hydroxylation sites is 2. The van der Waals surface area contributed by atoms with E-state index in [0.717, 1.165) is 43.1 Å². The molecule has 0 aromatic heterocycles. The molecule has 1 aliphatic heterocycles. The molecule has 0 atom stereocenters. The van der Waals surface area contributed by atoms with Gasteiger partial charge in [-0.15, -0.1) is 0 Å². The predicted octanol–water partition coefficient (Wildman–Crippen LogP) is 2.87. The van der Waals surface area contributed by atoms with E-state index in [4.69, 9.17) is 12.2 Å². The van der Waals surface area contributed by atoms with Gasteiger partial charge in [-0.05, 0) is 50.5 Å². The first kappa shape index (κ1) is 18.4. The van der Waals surface area contributed by atoms with Crippen molar-refractivity contribution in [1.82, 2.24) is 10.2 Å². The van der Waals surface area contributed by atoms with E-state index in [9.17, 15) is 4.79 Å². The number of likely N-dealkylation sites (N-methyl/N-ethyl adjacent to an activating group) is 1. The fourth-order valence-electron chi connectivity index (χ4n) is 3.02. The van der Waals surface area contributed by atoms with Crippen molar-refractivity contribution in [2.45, 2.75) is 6.92 Å². The molecule has 0 unspecified atom stereocenters. The van der Waals surface area contributed by atoms with E-state index in [2.05, 4.69) is 33.5 Å². The van der Waals surface area contributed by atoms with Gasteiger partial charge in [-0.25, -0.2) is 0 Å². The second-order valence-corrected chi connectivity index (χ2v) is 6.99. The third-order valence-corrected chi connectivity index (χ3v) is 4.71. The Hall–Kier alpha value is -2.44. The van der Waals surface area contributed by atoms with E-state index in [1.54, 1.807) is 6.07 Å². The molecule has 0 spiro atoms. The lowest BCUT2D eigenvalue weighted by molar-refractivity contribution is 0.0977. The molecular weight excluding hydrogens is 344 g/mol. The van der Waals surface area contributed by atoms with E-state index in [-0.39, 0.29) is 5.91 Å². The van der Waals surface area contributed by atoms with Gasteiger partial charge in [-0.1, -0.05) is 29.8 Å². The Kier molecular flexibility index (Phi) is 5.85. The quantitative estimate of drug-likeness (QED) is 0.816. The number of piperazine rings is 1. The van der Waals surface area contributed by atoms with E-state index >= 15 is 0 Å². The summed E-state index contributed by atoms with van der Waals surface area (Å²) in [5.41, 5.74) is 3.65. The summed E-state index contributed by atoms with van der Waals surface area (Å²) in [5.74, 6) is -0.205. The van der Waals surface area contributed by atoms with Gasteiger partial charge in [0.2, 0.25) is 0 Å². The van der Waals surface area contributed by atoms with Crippen LogP contribution in [-0.2, 0) is 0 Å². The maximum atomic E-state index is 12.4. The molecule has 2 aromatic rings. The number of benzene rings is 2. The molecule has 0 bridgehead atoms. The summed E-state index contributed by atoms with van der Waals surface area (Å²) < 4.78 is 0. The molecule has 136 valence electrons. The van der Waals surface area contributed by atoms with Crippen LogP contribution >= 0.6 is 12.2 Å². The van der Waals surface area contributed by atoms with Crippen molar-refractivity contribution in [1.29, 1.82) is 0 Å². The molecule has 1 heterocycles. The Balaban J connectivity index is 1.67. The second kappa shape index (κ2) is 8.29. The first-order valence-electron chi connectivity index (χ1n) is 8.74. The molecule has 1 saturated heterocycles. The Labute approximate surface area is 160 Å². The molecule has 6 heteroatoms. The Morgan fingerprint density at radius 1 is 1.04 bits per heavy atom. The average molecular weight is 369 g/mol. The van der Waals surface area contributed by atoms with E-state index in [0.29, 0.717) is 10.7 Å². The number of carbonyl (C=O) groups is 1. The van der Waals surface area contributed by atoms with Crippen LogP contribution in [0, 0.1) is 6.92 Å². The number of aryl methyl sites for hydroxylation is 1. The maximum absolute atomic E-state index is 12.4. The highest BCUT2D eigenvalue weighted by molar-refractivity contribution is 7.80. The highest BCUT2D eigenvalue weighted by Gasteiger charge is 2.17. The number of nitrogens with zero attached hydrogens (tertiary/aromatic N) is 2. The zero-order valence-corrected chi connectivity index (χ0v) is 16.0. The van der Waals surface area contributed by atoms with E-state index < -0.39 is 0 Å². The Morgan fingerprint density at radius 2 is 1.77 bits per heavy atom. The van der Waals surface area contributed by atoms with Crippen LogP contribution in [0.25, 0.3) is 0 Å². The fraction of sp³-hybridized carbons (Fsp3) is 0.300. The van der Waals surface area contributed by atoms with Gasteiger partial charge < -0.3 is 15.1 Å². The van der Waals surface area contributed by atoms with Crippen molar-refractivity contribution in [3.63, 3.8) is 0 Å². The van der Waals surface area contributed by atoms with Crippen molar-refractivity contribution in [3.05, 3.63) is 59.7 Å². The molecule has 0 aliphatic carbocycles. The predicted molar refractivity (Wildman–Crippen MR) is 111 cm³/mol. The minimum atomic E-state index is -0.205. The molecule has 5 nitrogen and oxygen atoms in total. The van der Waals surface area contributed by atoms with Crippen molar-refractivity contribution in [3.8, 4) is 0 Å². The van der Waals surface area contributed by atoms with Crippen molar-refractivity contribution in [2.24, 2.45) is 0 Å². The van der Waals surface area contributed by atoms with Gasteiger partial charge >= 0.3 is 0 Å². The highest BCUT2D eigenvalue weighted by Crippen LogP contribution is 2.26. The lowest BCUT2D eigenvalue weighted by Gasteiger charge is -2.35. The van der Waals surface area contributed by atoms with Crippen molar-refractivity contribution < 1.29 is 4.79 Å². The summed E-state index contributed by atoms with van der Waals surface area (Å²) >= 11 is 5.36. The van der Waals surface area contributed by atoms with Gasteiger partial charge in [0, 0.05) is 31.7 Å². The zero-order chi connectivity index (χ0) is 18.5. The molecular formula is C20H24N4OS. The second-order valence-electron chi connectivity index (χ2n) is 6.59. The topological polar surface area (TPSA) is 47.6 Å². The maximum Gasteiger partial charge on any atom is 0.257 e. The summed E-state index contributed by atoms with van der Waals surface area (Å²) in [6.45, 7) is 5.96. The van der Waals surface area contributed by atoms with Crippen LogP contribution in [-0.4, -0.2) is 49.1 Å².